The Bertz CT molecular complexity index is 601. The highest BCUT2D eigenvalue weighted by atomic mass is 79.9. The molecule has 0 amide bonds. The number of piperidine rings is 1. The molecule has 1 aliphatic heterocycles. The van der Waals surface area contributed by atoms with Crippen LogP contribution in [0, 0.1) is 0 Å². The van der Waals surface area contributed by atoms with Gasteiger partial charge in [-0.2, -0.15) is 0 Å². The molecule has 0 unspecified atom stereocenters. The Morgan fingerprint density at radius 1 is 1.23 bits per heavy atom. The minimum absolute atomic E-state index is 0.475. The lowest BCUT2D eigenvalue weighted by Crippen LogP contribution is -2.48. The van der Waals surface area contributed by atoms with Crippen molar-refractivity contribution in [1.29, 1.82) is 0 Å². The Morgan fingerprint density at radius 3 is 2.46 bits per heavy atom. The van der Waals surface area contributed by atoms with Crippen LogP contribution in [0.25, 0.3) is 0 Å². The summed E-state index contributed by atoms with van der Waals surface area (Å²) < 4.78 is 11.7. The summed E-state index contributed by atoms with van der Waals surface area (Å²) in [6.45, 7) is 6.40. The van der Waals surface area contributed by atoms with Gasteiger partial charge in [0.25, 0.3) is 0 Å². The van der Waals surface area contributed by atoms with Crippen molar-refractivity contribution in [2.24, 2.45) is 4.99 Å². The molecule has 0 aliphatic carbocycles. The Kier molecular flexibility index (Phi) is 8.51. The number of rotatable bonds is 7. The molecule has 1 heterocycles. The second-order valence-corrected chi connectivity index (χ2v) is 7.34. The van der Waals surface area contributed by atoms with Crippen molar-refractivity contribution in [3.8, 4) is 11.5 Å². The zero-order valence-corrected chi connectivity index (χ0v) is 17.9. The Morgan fingerprint density at radius 2 is 1.88 bits per heavy atom. The van der Waals surface area contributed by atoms with E-state index < -0.39 is 0 Å². The second kappa shape index (κ2) is 10.6. The molecule has 1 fully saturated rings. The van der Waals surface area contributed by atoms with Crippen molar-refractivity contribution in [3.05, 3.63) is 22.2 Å². The second-order valence-electron chi connectivity index (χ2n) is 6.48. The maximum atomic E-state index is 5.39. The number of likely N-dealkylation sites (tertiary alicyclic amines) is 1. The Labute approximate surface area is 165 Å². The van der Waals surface area contributed by atoms with E-state index in [1.54, 1.807) is 14.2 Å². The van der Waals surface area contributed by atoms with Crippen molar-refractivity contribution < 1.29 is 9.47 Å². The summed E-state index contributed by atoms with van der Waals surface area (Å²) in [6.07, 6.45) is 3.53. The maximum absolute atomic E-state index is 5.39. The maximum Gasteiger partial charge on any atom is 0.191 e. The van der Waals surface area contributed by atoms with E-state index in [1.165, 1.54) is 13.0 Å². The highest BCUT2D eigenvalue weighted by molar-refractivity contribution is 9.10. The molecule has 146 valence electrons. The fraction of sp³-hybridized carbons (Fsp3) is 0.632. The van der Waals surface area contributed by atoms with E-state index in [0.717, 1.165) is 47.7 Å². The summed E-state index contributed by atoms with van der Waals surface area (Å²) in [5, 5.41) is 6.95. The van der Waals surface area contributed by atoms with Gasteiger partial charge < -0.3 is 25.0 Å². The zero-order valence-electron chi connectivity index (χ0n) is 16.3. The molecule has 2 N–H and O–H groups in total. The summed E-state index contributed by atoms with van der Waals surface area (Å²) in [5.41, 5.74) is 1.09. The van der Waals surface area contributed by atoms with E-state index in [4.69, 9.17) is 9.47 Å². The summed E-state index contributed by atoms with van der Waals surface area (Å²) in [4.78, 5) is 6.90. The number of nitrogens with zero attached hydrogens (tertiary/aromatic N) is 2. The van der Waals surface area contributed by atoms with Crippen LogP contribution in [0.5, 0.6) is 11.5 Å². The minimum Gasteiger partial charge on any atom is -0.493 e. The predicted molar refractivity (Wildman–Crippen MR) is 110 cm³/mol. The number of hydrogen-bond acceptors (Lipinski definition) is 4. The van der Waals surface area contributed by atoms with Crippen LogP contribution in [0.2, 0.25) is 0 Å². The first kappa shape index (κ1) is 20.8. The molecular formula is C19H31BrN4O2. The lowest BCUT2D eigenvalue weighted by atomic mass is 10.1. The fourth-order valence-corrected chi connectivity index (χ4v) is 3.68. The Balaban J connectivity index is 1.89. The quantitative estimate of drug-likeness (QED) is 0.518. The molecule has 0 bridgehead atoms. The van der Waals surface area contributed by atoms with Crippen molar-refractivity contribution in [2.75, 3.05) is 40.9 Å². The van der Waals surface area contributed by atoms with E-state index in [1.807, 2.05) is 19.2 Å². The fourth-order valence-electron chi connectivity index (χ4n) is 3.22. The van der Waals surface area contributed by atoms with Crippen LogP contribution >= 0.6 is 15.9 Å². The molecule has 26 heavy (non-hydrogen) atoms. The molecule has 0 saturated carbocycles. The molecule has 1 aromatic carbocycles. The van der Waals surface area contributed by atoms with Gasteiger partial charge in [0.2, 0.25) is 0 Å². The third-order valence-corrected chi connectivity index (χ3v) is 5.43. The number of methoxy groups -OCH3 is 2. The zero-order chi connectivity index (χ0) is 18.9. The molecule has 2 rings (SSSR count). The molecule has 1 aromatic rings. The van der Waals surface area contributed by atoms with Crippen LogP contribution in [-0.2, 0) is 6.54 Å². The molecule has 0 spiro atoms. The number of halogens is 1. The largest absolute Gasteiger partial charge is 0.493 e. The number of nitrogens with one attached hydrogen (secondary N) is 2. The van der Waals surface area contributed by atoms with Gasteiger partial charge in [0, 0.05) is 37.2 Å². The first-order valence-corrected chi connectivity index (χ1v) is 10.0. The normalized spacial score (nSPS) is 16.4. The van der Waals surface area contributed by atoms with Crippen LogP contribution in [0.4, 0.5) is 0 Å². The van der Waals surface area contributed by atoms with E-state index in [2.05, 4.69) is 43.4 Å². The van der Waals surface area contributed by atoms with Crippen LogP contribution in [0.15, 0.2) is 21.6 Å². The smallest absolute Gasteiger partial charge is 0.191 e. The van der Waals surface area contributed by atoms with Gasteiger partial charge in [-0.1, -0.05) is 22.9 Å². The summed E-state index contributed by atoms with van der Waals surface area (Å²) in [5.74, 6) is 2.27. The van der Waals surface area contributed by atoms with E-state index >= 15 is 0 Å². The summed E-state index contributed by atoms with van der Waals surface area (Å²) >= 11 is 3.60. The number of aliphatic imine (C=N–C) groups is 1. The average Bonchev–Trinajstić information content (AvgIpc) is 2.67. The van der Waals surface area contributed by atoms with Crippen molar-refractivity contribution in [2.45, 2.75) is 38.8 Å². The van der Waals surface area contributed by atoms with Gasteiger partial charge in [-0.05, 0) is 43.5 Å². The molecule has 6 nitrogen and oxygen atoms in total. The molecule has 0 aromatic heterocycles. The molecule has 0 radical (unpaired) electrons. The average molecular weight is 427 g/mol. The van der Waals surface area contributed by atoms with Crippen molar-refractivity contribution in [1.82, 2.24) is 15.5 Å². The first-order valence-electron chi connectivity index (χ1n) is 9.21. The van der Waals surface area contributed by atoms with E-state index in [-0.39, 0.29) is 0 Å². The van der Waals surface area contributed by atoms with Crippen molar-refractivity contribution in [3.63, 3.8) is 0 Å². The van der Waals surface area contributed by atoms with Crippen LogP contribution in [0.1, 0.15) is 31.7 Å². The summed E-state index contributed by atoms with van der Waals surface area (Å²) in [7, 11) is 5.10. The Hall–Kier alpha value is -1.47. The molecule has 0 atom stereocenters. The molecule has 1 saturated heterocycles. The van der Waals surface area contributed by atoms with Gasteiger partial charge in [0.15, 0.2) is 17.5 Å². The van der Waals surface area contributed by atoms with Gasteiger partial charge in [-0.3, -0.25) is 4.99 Å². The SMILES string of the molecule is CCCN1CCC(NC(=NC)NCc2cc(OC)c(OC)cc2Br)CC1. The minimum atomic E-state index is 0.475. The number of guanidine groups is 1. The van der Waals surface area contributed by atoms with Gasteiger partial charge in [0.05, 0.1) is 14.2 Å². The highest BCUT2D eigenvalue weighted by Gasteiger charge is 2.19. The van der Waals surface area contributed by atoms with Gasteiger partial charge in [-0.25, -0.2) is 0 Å². The van der Waals surface area contributed by atoms with Crippen LogP contribution < -0.4 is 20.1 Å². The van der Waals surface area contributed by atoms with Crippen LogP contribution in [0.3, 0.4) is 0 Å². The van der Waals surface area contributed by atoms with Gasteiger partial charge in [-0.15, -0.1) is 0 Å². The predicted octanol–water partition coefficient (Wildman–Crippen LogP) is 3.01. The van der Waals surface area contributed by atoms with Crippen LogP contribution in [-0.4, -0.2) is 57.8 Å². The highest BCUT2D eigenvalue weighted by Crippen LogP contribution is 2.33. The third kappa shape index (κ3) is 5.77. The lowest BCUT2D eigenvalue weighted by Gasteiger charge is -2.32. The lowest BCUT2D eigenvalue weighted by molar-refractivity contribution is 0.206. The number of benzene rings is 1. The van der Waals surface area contributed by atoms with Gasteiger partial charge in [0.1, 0.15) is 0 Å². The van der Waals surface area contributed by atoms with E-state index in [9.17, 15) is 0 Å². The topological polar surface area (TPSA) is 58.1 Å². The molecule has 7 heteroatoms. The van der Waals surface area contributed by atoms with Crippen molar-refractivity contribution >= 4 is 21.9 Å². The standard InChI is InChI=1S/C19H31BrN4O2/c1-5-8-24-9-6-15(7-10-24)23-19(21-2)22-13-14-11-17(25-3)18(26-4)12-16(14)20/h11-12,15H,5-10,13H2,1-4H3,(H2,21,22,23). The number of hydrogen-bond donors (Lipinski definition) is 2. The summed E-state index contributed by atoms with van der Waals surface area (Å²) in [6, 6.07) is 4.38. The number of ether oxygens (including phenoxy) is 2. The molecule has 1 aliphatic rings. The molecular weight excluding hydrogens is 396 g/mol. The van der Waals surface area contributed by atoms with Gasteiger partial charge >= 0.3 is 0 Å². The first-order chi connectivity index (χ1) is 12.6. The third-order valence-electron chi connectivity index (χ3n) is 4.69. The van der Waals surface area contributed by atoms with E-state index in [0.29, 0.717) is 18.3 Å². The monoisotopic (exact) mass is 426 g/mol.